The predicted octanol–water partition coefficient (Wildman–Crippen LogP) is 3.29. The molecular formula is C13H12BrCl2N3O3S2. The van der Waals surface area contributed by atoms with Crippen LogP contribution in [0.2, 0.25) is 10.2 Å². The zero-order valence-electron chi connectivity index (χ0n) is 12.1. The van der Waals surface area contributed by atoms with E-state index < -0.39 is 10.0 Å². The third kappa shape index (κ3) is 3.51. The molecular weight excluding hydrogens is 461 g/mol. The van der Waals surface area contributed by atoms with E-state index in [9.17, 15) is 13.2 Å². The Morgan fingerprint density at radius 1 is 1.21 bits per heavy atom. The summed E-state index contributed by atoms with van der Waals surface area (Å²) in [5, 5.41) is 0.494. The van der Waals surface area contributed by atoms with Crippen molar-refractivity contribution >= 4 is 66.4 Å². The van der Waals surface area contributed by atoms with Crippen molar-refractivity contribution in [3.8, 4) is 0 Å². The van der Waals surface area contributed by atoms with Gasteiger partial charge in [-0.05, 0) is 34.1 Å². The zero-order chi connectivity index (χ0) is 17.5. The van der Waals surface area contributed by atoms with Crippen molar-refractivity contribution in [2.24, 2.45) is 0 Å². The van der Waals surface area contributed by atoms with Crippen molar-refractivity contribution in [2.45, 2.75) is 4.21 Å². The van der Waals surface area contributed by atoms with Gasteiger partial charge in [-0.15, -0.1) is 11.3 Å². The molecule has 1 saturated heterocycles. The second-order valence-corrected chi connectivity index (χ2v) is 10.5. The molecule has 3 heterocycles. The summed E-state index contributed by atoms with van der Waals surface area (Å²) >= 11 is 16.1. The standard InChI is InChI=1S/C13H12BrCl2N3O3S2/c14-10-1-2-11(23-10)24(21,22)19-5-3-18(4-6-19)13(20)9-7-8(15)12(16)17-9/h1-2,7,17H,3-6H2. The molecule has 0 aliphatic carbocycles. The van der Waals surface area contributed by atoms with Crippen molar-refractivity contribution in [1.29, 1.82) is 0 Å². The Morgan fingerprint density at radius 2 is 1.88 bits per heavy atom. The van der Waals surface area contributed by atoms with Crippen LogP contribution in [0.3, 0.4) is 0 Å². The minimum atomic E-state index is -3.52. The summed E-state index contributed by atoms with van der Waals surface area (Å²) in [7, 11) is -3.52. The fraction of sp³-hybridized carbons (Fsp3) is 0.308. The average Bonchev–Trinajstić information content (AvgIpc) is 3.13. The minimum Gasteiger partial charge on any atom is -0.340 e. The van der Waals surface area contributed by atoms with Gasteiger partial charge in [0, 0.05) is 26.2 Å². The number of carbonyl (C=O) groups is 1. The molecule has 2 aromatic rings. The Labute approximate surface area is 161 Å². The Bertz CT molecular complexity index is 853. The largest absolute Gasteiger partial charge is 0.340 e. The molecule has 0 atom stereocenters. The van der Waals surface area contributed by atoms with E-state index in [0.29, 0.717) is 18.8 Å². The van der Waals surface area contributed by atoms with E-state index in [2.05, 4.69) is 20.9 Å². The molecule has 11 heteroatoms. The highest BCUT2D eigenvalue weighted by Gasteiger charge is 2.31. The molecule has 130 valence electrons. The number of aromatic nitrogens is 1. The van der Waals surface area contributed by atoms with Crippen LogP contribution in [0.1, 0.15) is 10.5 Å². The summed E-state index contributed by atoms with van der Waals surface area (Å²) in [4.78, 5) is 16.7. The van der Waals surface area contributed by atoms with Crippen LogP contribution in [0.15, 0.2) is 26.2 Å². The van der Waals surface area contributed by atoms with Crippen LogP contribution in [0.4, 0.5) is 0 Å². The van der Waals surface area contributed by atoms with E-state index in [1.807, 2.05) is 0 Å². The minimum absolute atomic E-state index is 0.213. The van der Waals surface area contributed by atoms with Crippen LogP contribution in [0, 0.1) is 0 Å². The Kier molecular flexibility index (Phi) is 5.29. The number of amides is 1. The van der Waals surface area contributed by atoms with Gasteiger partial charge < -0.3 is 9.88 Å². The quantitative estimate of drug-likeness (QED) is 0.744. The van der Waals surface area contributed by atoms with Crippen molar-refractivity contribution in [3.63, 3.8) is 0 Å². The summed E-state index contributed by atoms with van der Waals surface area (Å²) in [6.45, 7) is 1.09. The Hall–Kier alpha value is -0.580. The molecule has 3 rings (SSSR count). The molecule has 0 spiro atoms. The van der Waals surface area contributed by atoms with Crippen LogP contribution >= 0.6 is 50.5 Å². The molecule has 0 aromatic carbocycles. The molecule has 1 aliphatic rings. The van der Waals surface area contributed by atoms with Crippen molar-refractivity contribution in [3.05, 3.63) is 37.9 Å². The lowest BCUT2D eigenvalue weighted by atomic mass is 10.3. The van der Waals surface area contributed by atoms with Gasteiger partial charge in [0.05, 0.1) is 8.81 Å². The molecule has 1 N–H and O–H groups in total. The lowest BCUT2D eigenvalue weighted by molar-refractivity contribution is 0.0693. The maximum Gasteiger partial charge on any atom is 0.270 e. The second-order valence-electron chi connectivity index (χ2n) is 5.10. The number of nitrogens with zero attached hydrogens (tertiary/aromatic N) is 2. The fourth-order valence-corrected chi connectivity index (χ4v) is 6.28. The van der Waals surface area contributed by atoms with Gasteiger partial charge in [-0.3, -0.25) is 4.79 Å². The molecule has 0 unspecified atom stereocenters. The molecule has 1 fully saturated rings. The number of rotatable bonds is 3. The third-order valence-electron chi connectivity index (χ3n) is 3.62. The molecule has 0 bridgehead atoms. The van der Waals surface area contributed by atoms with Crippen LogP contribution in [0.25, 0.3) is 0 Å². The highest BCUT2D eigenvalue weighted by Crippen LogP contribution is 2.29. The maximum absolute atomic E-state index is 12.6. The number of H-pyrrole nitrogens is 1. The molecule has 0 saturated carbocycles. The summed E-state index contributed by atoms with van der Waals surface area (Å²) in [6.07, 6.45) is 0. The first-order chi connectivity index (χ1) is 11.3. The number of halogens is 3. The van der Waals surface area contributed by atoms with Gasteiger partial charge in [-0.25, -0.2) is 8.42 Å². The summed E-state index contributed by atoms with van der Waals surface area (Å²) in [6, 6.07) is 4.75. The van der Waals surface area contributed by atoms with Gasteiger partial charge in [0.1, 0.15) is 15.1 Å². The highest BCUT2D eigenvalue weighted by molar-refractivity contribution is 9.11. The topological polar surface area (TPSA) is 73.5 Å². The maximum atomic E-state index is 12.6. The van der Waals surface area contributed by atoms with Gasteiger partial charge in [-0.1, -0.05) is 23.2 Å². The monoisotopic (exact) mass is 471 g/mol. The molecule has 2 aromatic heterocycles. The number of piperazine rings is 1. The second kappa shape index (κ2) is 6.97. The van der Waals surface area contributed by atoms with E-state index in [4.69, 9.17) is 23.2 Å². The summed E-state index contributed by atoms with van der Waals surface area (Å²) in [5.74, 6) is -0.250. The van der Waals surface area contributed by atoms with Gasteiger partial charge in [0.2, 0.25) is 0 Å². The Morgan fingerprint density at radius 3 is 2.38 bits per heavy atom. The van der Waals surface area contributed by atoms with Gasteiger partial charge in [0.25, 0.3) is 15.9 Å². The molecule has 1 aliphatic heterocycles. The SMILES string of the molecule is O=C(c1cc(Cl)c(Cl)[nH]1)N1CCN(S(=O)(=O)c2ccc(Br)s2)CC1. The van der Waals surface area contributed by atoms with E-state index in [-0.39, 0.29) is 33.4 Å². The first-order valence-corrected chi connectivity index (χ1v) is 10.7. The lowest BCUT2D eigenvalue weighted by Crippen LogP contribution is -2.50. The molecule has 0 radical (unpaired) electrons. The number of carbonyl (C=O) groups excluding carboxylic acids is 1. The number of sulfonamides is 1. The van der Waals surface area contributed by atoms with Crippen LogP contribution < -0.4 is 0 Å². The summed E-state index contributed by atoms with van der Waals surface area (Å²) in [5.41, 5.74) is 0.295. The molecule has 1 amide bonds. The lowest BCUT2D eigenvalue weighted by Gasteiger charge is -2.33. The van der Waals surface area contributed by atoms with Crippen molar-refractivity contribution < 1.29 is 13.2 Å². The first kappa shape index (κ1) is 18.2. The van der Waals surface area contributed by atoms with Gasteiger partial charge in [-0.2, -0.15) is 4.31 Å². The number of thiophene rings is 1. The summed E-state index contributed by atoms with van der Waals surface area (Å²) < 4.78 is 27.6. The fourth-order valence-electron chi connectivity index (χ4n) is 2.38. The van der Waals surface area contributed by atoms with E-state index in [0.717, 1.165) is 3.79 Å². The van der Waals surface area contributed by atoms with Crippen LogP contribution in [-0.4, -0.2) is 54.7 Å². The highest BCUT2D eigenvalue weighted by atomic mass is 79.9. The zero-order valence-corrected chi connectivity index (χ0v) is 16.9. The Balaban J connectivity index is 1.68. The normalized spacial score (nSPS) is 16.5. The number of hydrogen-bond donors (Lipinski definition) is 1. The average molecular weight is 473 g/mol. The smallest absolute Gasteiger partial charge is 0.270 e. The van der Waals surface area contributed by atoms with E-state index in [1.54, 1.807) is 17.0 Å². The first-order valence-electron chi connectivity index (χ1n) is 6.88. The number of hydrogen-bond acceptors (Lipinski definition) is 4. The molecule has 6 nitrogen and oxygen atoms in total. The van der Waals surface area contributed by atoms with E-state index >= 15 is 0 Å². The number of aromatic amines is 1. The van der Waals surface area contributed by atoms with Crippen molar-refractivity contribution in [1.82, 2.24) is 14.2 Å². The number of nitrogens with one attached hydrogen (secondary N) is 1. The van der Waals surface area contributed by atoms with Crippen LogP contribution in [0.5, 0.6) is 0 Å². The third-order valence-corrected chi connectivity index (χ3v) is 8.31. The van der Waals surface area contributed by atoms with E-state index in [1.165, 1.54) is 21.7 Å². The van der Waals surface area contributed by atoms with Gasteiger partial charge in [0.15, 0.2) is 0 Å². The predicted molar refractivity (Wildman–Crippen MR) is 97.5 cm³/mol. The molecule has 24 heavy (non-hydrogen) atoms. The van der Waals surface area contributed by atoms with Crippen molar-refractivity contribution in [2.75, 3.05) is 26.2 Å². The van der Waals surface area contributed by atoms with Crippen LogP contribution in [-0.2, 0) is 10.0 Å². The van der Waals surface area contributed by atoms with Gasteiger partial charge >= 0.3 is 0 Å².